The molecule has 0 aromatic rings. The molecule has 7 heteroatoms. The van der Waals surface area contributed by atoms with Crippen LogP contribution in [0, 0.1) is 0 Å². The predicted molar refractivity (Wildman–Crippen MR) is 96.0 cm³/mol. The number of halogens is 1. The molecular weight excluding hydrogens is 383 g/mol. The van der Waals surface area contributed by atoms with Gasteiger partial charge in [-0.2, -0.15) is 0 Å². The highest BCUT2D eigenvalue weighted by Gasteiger charge is 2.22. The molecule has 1 fully saturated rings. The number of nitrogens with two attached hydrogens (primary N) is 1. The Hall–Kier alpha value is -0.570. The molecule has 0 spiro atoms. The molecule has 1 saturated heterocycles. The number of aliphatic imine (C=N–C) groups is 1. The van der Waals surface area contributed by atoms with E-state index < -0.39 is 0 Å². The lowest BCUT2D eigenvalue weighted by Crippen LogP contribution is -2.36. The molecule has 0 aromatic heterocycles. The van der Waals surface area contributed by atoms with Gasteiger partial charge in [0.25, 0.3) is 0 Å². The second kappa shape index (κ2) is 12.0. The summed E-state index contributed by atoms with van der Waals surface area (Å²) in [6.07, 6.45) is 4.62. The first-order valence-electron chi connectivity index (χ1n) is 7.52. The Morgan fingerprint density at radius 1 is 1.48 bits per heavy atom. The third kappa shape index (κ3) is 8.45. The number of unbranched alkanes of at least 4 members (excludes halogenated alkanes) is 1. The number of likely N-dealkylation sites (N-methyl/N-ethyl adjacent to an activating group) is 1. The van der Waals surface area contributed by atoms with Crippen molar-refractivity contribution in [2.24, 2.45) is 10.7 Å². The topological polar surface area (TPSA) is 80.0 Å². The zero-order valence-electron chi connectivity index (χ0n) is 13.1. The van der Waals surface area contributed by atoms with Crippen LogP contribution >= 0.6 is 24.0 Å². The molecule has 0 bridgehead atoms. The van der Waals surface area contributed by atoms with Crippen LogP contribution in [-0.4, -0.2) is 56.2 Å². The molecule has 1 atom stereocenters. The van der Waals surface area contributed by atoms with Crippen molar-refractivity contribution in [3.8, 4) is 0 Å². The molecule has 124 valence electrons. The van der Waals surface area contributed by atoms with E-state index in [1.54, 1.807) is 0 Å². The number of nitrogens with one attached hydrogen (secondary N) is 1. The van der Waals surface area contributed by atoms with Crippen molar-refractivity contribution < 1.29 is 9.53 Å². The summed E-state index contributed by atoms with van der Waals surface area (Å²) < 4.78 is 4.58. The summed E-state index contributed by atoms with van der Waals surface area (Å²) in [6.45, 7) is 5.97. The van der Waals surface area contributed by atoms with Crippen molar-refractivity contribution in [2.45, 2.75) is 45.1 Å². The number of ether oxygens (including phenoxy) is 1. The predicted octanol–water partition coefficient (Wildman–Crippen LogP) is 1.34. The quantitative estimate of drug-likeness (QED) is 0.207. The van der Waals surface area contributed by atoms with Crippen molar-refractivity contribution in [1.82, 2.24) is 10.2 Å². The number of hydrogen-bond donors (Lipinski definition) is 2. The molecule has 21 heavy (non-hydrogen) atoms. The van der Waals surface area contributed by atoms with Gasteiger partial charge in [0, 0.05) is 19.0 Å². The third-order valence-electron chi connectivity index (χ3n) is 3.72. The molecule has 1 aliphatic rings. The number of guanidine groups is 1. The maximum Gasteiger partial charge on any atom is 0.305 e. The van der Waals surface area contributed by atoms with E-state index in [-0.39, 0.29) is 29.9 Å². The molecule has 6 nitrogen and oxygen atoms in total. The number of hydrogen-bond acceptors (Lipinski definition) is 4. The van der Waals surface area contributed by atoms with Gasteiger partial charge in [-0.1, -0.05) is 6.92 Å². The summed E-state index contributed by atoms with van der Waals surface area (Å²) in [7, 11) is 1.41. The van der Waals surface area contributed by atoms with Gasteiger partial charge in [-0.05, 0) is 38.8 Å². The molecule has 0 radical (unpaired) electrons. The van der Waals surface area contributed by atoms with E-state index in [2.05, 4.69) is 26.9 Å². The number of esters is 1. The van der Waals surface area contributed by atoms with Gasteiger partial charge in [0.2, 0.25) is 0 Å². The fraction of sp³-hybridized carbons (Fsp3) is 0.857. The van der Waals surface area contributed by atoms with E-state index in [0.29, 0.717) is 18.4 Å². The molecule has 0 aromatic carbocycles. The number of rotatable bonds is 8. The second-order valence-electron chi connectivity index (χ2n) is 5.11. The van der Waals surface area contributed by atoms with Crippen LogP contribution in [0.4, 0.5) is 0 Å². The maximum atomic E-state index is 10.9. The average molecular weight is 412 g/mol. The van der Waals surface area contributed by atoms with Gasteiger partial charge in [0.1, 0.15) is 0 Å². The van der Waals surface area contributed by atoms with Crippen molar-refractivity contribution in [3.05, 3.63) is 0 Å². The van der Waals surface area contributed by atoms with E-state index in [9.17, 15) is 4.79 Å². The SMILES string of the molecule is CCN1CCCC1CN=C(N)NCCCCC(=O)OC.I. The van der Waals surface area contributed by atoms with Gasteiger partial charge < -0.3 is 15.8 Å². The Balaban J connectivity index is 0.00000400. The largest absolute Gasteiger partial charge is 0.469 e. The van der Waals surface area contributed by atoms with Crippen LogP contribution in [0.3, 0.4) is 0 Å². The van der Waals surface area contributed by atoms with Gasteiger partial charge in [-0.3, -0.25) is 14.7 Å². The Morgan fingerprint density at radius 3 is 2.90 bits per heavy atom. The van der Waals surface area contributed by atoms with Crippen LogP contribution in [0.1, 0.15) is 39.0 Å². The van der Waals surface area contributed by atoms with Crippen LogP contribution in [-0.2, 0) is 9.53 Å². The molecule has 1 unspecified atom stereocenters. The lowest BCUT2D eigenvalue weighted by molar-refractivity contribution is -0.140. The van der Waals surface area contributed by atoms with Gasteiger partial charge >= 0.3 is 5.97 Å². The molecule has 0 amide bonds. The van der Waals surface area contributed by atoms with Gasteiger partial charge in [-0.15, -0.1) is 24.0 Å². The summed E-state index contributed by atoms with van der Waals surface area (Å²) in [5.41, 5.74) is 5.84. The number of carbonyl (C=O) groups is 1. The van der Waals surface area contributed by atoms with E-state index in [1.807, 2.05) is 0 Å². The number of methoxy groups -OCH3 is 1. The molecule has 3 N–H and O–H groups in total. The molecule has 1 rings (SSSR count). The van der Waals surface area contributed by atoms with Crippen LogP contribution in [0.15, 0.2) is 4.99 Å². The second-order valence-corrected chi connectivity index (χ2v) is 5.11. The lowest BCUT2D eigenvalue weighted by Gasteiger charge is -2.20. The fourth-order valence-electron chi connectivity index (χ4n) is 2.49. The highest BCUT2D eigenvalue weighted by molar-refractivity contribution is 14.0. The summed E-state index contributed by atoms with van der Waals surface area (Å²) in [5.74, 6) is 0.346. The van der Waals surface area contributed by atoms with Crippen molar-refractivity contribution in [3.63, 3.8) is 0 Å². The van der Waals surface area contributed by atoms with Crippen molar-refractivity contribution in [2.75, 3.05) is 33.3 Å². The zero-order chi connectivity index (χ0) is 14.8. The minimum absolute atomic E-state index is 0. The minimum Gasteiger partial charge on any atom is -0.469 e. The maximum absolute atomic E-state index is 10.9. The van der Waals surface area contributed by atoms with Gasteiger partial charge in [-0.25, -0.2) is 0 Å². The van der Waals surface area contributed by atoms with Gasteiger partial charge in [0.05, 0.1) is 13.7 Å². The number of likely N-dealkylation sites (tertiary alicyclic amines) is 1. The van der Waals surface area contributed by atoms with Crippen LogP contribution in [0.5, 0.6) is 0 Å². The summed E-state index contributed by atoms with van der Waals surface area (Å²) in [5, 5.41) is 3.09. The Kier molecular flexibility index (Phi) is 11.7. The Morgan fingerprint density at radius 2 is 2.24 bits per heavy atom. The summed E-state index contributed by atoms with van der Waals surface area (Å²) in [6, 6.07) is 0.541. The van der Waals surface area contributed by atoms with Gasteiger partial charge in [0.15, 0.2) is 5.96 Å². The van der Waals surface area contributed by atoms with Crippen molar-refractivity contribution >= 4 is 35.9 Å². The first-order valence-corrected chi connectivity index (χ1v) is 7.52. The first kappa shape index (κ1) is 20.4. The fourth-order valence-corrected chi connectivity index (χ4v) is 2.49. The highest BCUT2D eigenvalue weighted by Crippen LogP contribution is 2.16. The smallest absolute Gasteiger partial charge is 0.305 e. The normalized spacial score (nSPS) is 19.1. The third-order valence-corrected chi connectivity index (χ3v) is 3.72. The highest BCUT2D eigenvalue weighted by atomic mass is 127. The molecule has 0 saturated carbocycles. The first-order chi connectivity index (χ1) is 9.67. The molecular formula is C14H29IN4O2. The Bertz CT molecular complexity index is 326. The lowest BCUT2D eigenvalue weighted by atomic mass is 10.2. The van der Waals surface area contributed by atoms with E-state index in [0.717, 1.165) is 32.5 Å². The monoisotopic (exact) mass is 412 g/mol. The standard InChI is InChI=1S/C14H28N4O2.HI/c1-3-18-10-6-7-12(18)11-17-14(15)16-9-5-4-8-13(19)20-2;/h12H,3-11H2,1-2H3,(H3,15,16,17);1H. The van der Waals surface area contributed by atoms with E-state index >= 15 is 0 Å². The van der Waals surface area contributed by atoms with Crippen molar-refractivity contribution in [1.29, 1.82) is 0 Å². The minimum atomic E-state index is -0.160. The number of carbonyl (C=O) groups excluding carboxylic acids is 1. The zero-order valence-corrected chi connectivity index (χ0v) is 15.5. The van der Waals surface area contributed by atoms with E-state index in [1.165, 1.54) is 26.5 Å². The molecule has 0 aliphatic carbocycles. The van der Waals surface area contributed by atoms with Crippen LogP contribution < -0.4 is 11.1 Å². The van der Waals surface area contributed by atoms with E-state index in [4.69, 9.17) is 5.73 Å². The molecule has 1 aliphatic heterocycles. The van der Waals surface area contributed by atoms with Crippen LogP contribution in [0.25, 0.3) is 0 Å². The van der Waals surface area contributed by atoms with Crippen LogP contribution in [0.2, 0.25) is 0 Å². The average Bonchev–Trinajstić information content (AvgIpc) is 2.91. The summed E-state index contributed by atoms with van der Waals surface area (Å²) in [4.78, 5) is 17.8. The number of nitrogens with zero attached hydrogens (tertiary/aromatic N) is 2. The molecule has 1 heterocycles. The summed E-state index contributed by atoms with van der Waals surface area (Å²) >= 11 is 0. The Labute approximate surface area is 144 Å².